The van der Waals surface area contributed by atoms with Gasteiger partial charge in [0.05, 0.1) is 19.8 Å². The molecular weight excluding hydrogens is 817 g/mol. The maximum Gasteiger partial charge on any atom is 0.187 e. The molecule has 364 valence electrons. The number of thioether (sulfide) groups is 2. The molecule has 10 atom stereocenters. The van der Waals surface area contributed by atoms with E-state index in [0.29, 0.717) is 6.61 Å². The van der Waals surface area contributed by atoms with Crippen molar-refractivity contribution in [1.82, 2.24) is 0 Å². The van der Waals surface area contributed by atoms with Gasteiger partial charge in [-0.3, -0.25) is 0 Å². The second kappa shape index (κ2) is 38.4. The molecule has 0 bridgehead atoms. The zero-order valence-corrected chi connectivity index (χ0v) is 40.3. The molecule has 13 heteroatoms. The van der Waals surface area contributed by atoms with Crippen LogP contribution in [0.1, 0.15) is 194 Å². The molecule has 0 radical (unpaired) electrons. The van der Waals surface area contributed by atoms with Gasteiger partial charge in [0.15, 0.2) is 12.6 Å². The first-order chi connectivity index (χ1) is 29.8. The fourth-order valence-electron chi connectivity index (χ4n) is 8.37. The van der Waals surface area contributed by atoms with Crippen LogP contribution >= 0.6 is 23.5 Å². The van der Waals surface area contributed by atoms with Crippen LogP contribution in [-0.4, -0.2) is 140 Å². The number of ether oxygens (including phenoxy) is 4. The number of hydrogen-bond acceptors (Lipinski definition) is 13. The lowest BCUT2D eigenvalue weighted by Crippen LogP contribution is -2.64. The van der Waals surface area contributed by atoms with Crippen LogP contribution in [-0.2, 0) is 18.9 Å². The monoisotopic (exact) mass is 911 g/mol. The highest BCUT2D eigenvalue weighted by atomic mass is 32.2. The number of rotatable bonds is 41. The van der Waals surface area contributed by atoms with E-state index in [4.69, 9.17) is 18.9 Å². The van der Waals surface area contributed by atoms with Crippen molar-refractivity contribution in [3.05, 3.63) is 0 Å². The molecular formula is C48H94O11S2. The summed E-state index contributed by atoms with van der Waals surface area (Å²) in [5.41, 5.74) is 0. The zero-order valence-electron chi connectivity index (χ0n) is 38.7. The Bertz CT molecular complexity index is 933. The van der Waals surface area contributed by atoms with Gasteiger partial charge in [0.2, 0.25) is 0 Å². The summed E-state index contributed by atoms with van der Waals surface area (Å²) in [4.78, 5) is 0. The fraction of sp³-hybridized carbons (Fsp3) is 1.00. The molecule has 0 saturated carbocycles. The summed E-state index contributed by atoms with van der Waals surface area (Å²) in [6.45, 7) is 3.64. The van der Waals surface area contributed by atoms with E-state index in [9.17, 15) is 35.7 Å². The van der Waals surface area contributed by atoms with Gasteiger partial charge < -0.3 is 54.7 Å². The van der Waals surface area contributed by atoms with E-state index >= 15 is 0 Å². The Labute approximate surface area is 380 Å². The average molecular weight is 911 g/mol. The molecule has 0 aromatic heterocycles. The van der Waals surface area contributed by atoms with Crippen LogP contribution in [0.5, 0.6) is 0 Å². The SMILES string of the molecule is CCCCCCCCCCCCCCCCSCC(CO[C@@H]1O[C@H](CO)[C@H](O[C@H]2O[C@H](CO)[C@H](O)[C@H](O)[C@H]2O)[C@H](O)[C@H]1O)CSCCCCCCCCCCCCCCCC. The minimum Gasteiger partial charge on any atom is -0.394 e. The Kier molecular flexibility index (Phi) is 36.1. The maximum absolute atomic E-state index is 11.1. The highest BCUT2D eigenvalue weighted by molar-refractivity contribution is 8.00. The molecule has 2 aliphatic rings. The van der Waals surface area contributed by atoms with Gasteiger partial charge in [-0.2, -0.15) is 23.5 Å². The molecule has 61 heavy (non-hydrogen) atoms. The fourth-order valence-corrected chi connectivity index (χ4v) is 10.8. The third kappa shape index (κ3) is 25.7. The number of aliphatic hydroxyl groups is 7. The predicted octanol–water partition coefficient (Wildman–Crippen LogP) is 8.67. The summed E-state index contributed by atoms with van der Waals surface area (Å²) in [6, 6.07) is 0. The average Bonchev–Trinajstić information content (AvgIpc) is 3.26. The van der Waals surface area contributed by atoms with E-state index in [1.165, 1.54) is 180 Å². The standard InChI is InChI=1S/C48H94O11S2/c1-3-5-7-9-11-13-15-17-19-21-23-25-27-29-31-60-36-38(37-61-32-30-28-26-24-22-20-18-16-14-12-10-8-6-4-2)35-56-47-45(55)43(53)46(40(34-50)58-47)59-48-44(54)42(52)41(51)39(33-49)57-48/h38-55H,3-37H2,1-2H3/t39-,40-,41+,42+,43-,44-,45-,46+,47-,48-/m1/s1. The normalized spacial score (nSPS) is 27.0. The van der Waals surface area contributed by atoms with Gasteiger partial charge in [-0.15, -0.1) is 0 Å². The molecule has 11 nitrogen and oxygen atoms in total. The first-order valence-electron chi connectivity index (χ1n) is 25.1. The lowest BCUT2D eigenvalue weighted by atomic mass is 9.97. The van der Waals surface area contributed by atoms with Gasteiger partial charge in [0.1, 0.15) is 48.8 Å². The maximum atomic E-state index is 11.1. The van der Waals surface area contributed by atoms with Crippen LogP contribution in [0.25, 0.3) is 0 Å². The van der Waals surface area contributed by atoms with Crippen molar-refractivity contribution in [2.24, 2.45) is 5.92 Å². The number of unbranched alkanes of at least 4 members (excludes halogenated alkanes) is 26. The molecule has 0 spiro atoms. The topological polar surface area (TPSA) is 179 Å². The molecule has 2 fully saturated rings. The van der Waals surface area contributed by atoms with Crippen molar-refractivity contribution in [1.29, 1.82) is 0 Å². The largest absolute Gasteiger partial charge is 0.394 e. The molecule has 2 saturated heterocycles. The first kappa shape index (κ1) is 57.4. The summed E-state index contributed by atoms with van der Waals surface area (Å²) < 4.78 is 23.2. The highest BCUT2D eigenvalue weighted by Gasteiger charge is 2.50. The summed E-state index contributed by atoms with van der Waals surface area (Å²) in [5.74, 6) is 4.24. The minimum absolute atomic E-state index is 0.205. The summed E-state index contributed by atoms with van der Waals surface area (Å²) >= 11 is 3.90. The Morgan fingerprint density at radius 1 is 0.426 bits per heavy atom. The van der Waals surface area contributed by atoms with Crippen LogP contribution in [0.15, 0.2) is 0 Å². The van der Waals surface area contributed by atoms with Gasteiger partial charge in [-0.05, 0) is 35.9 Å². The second-order valence-electron chi connectivity index (χ2n) is 18.0. The highest BCUT2D eigenvalue weighted by Crippen LogP contribution is 2.30. The summed E-state index contributed by atoms with van der Waals surface area (Å²) in [6.07, 6.45) is 23.2. The van der Waals surface area contributed by atoms with Crippen LogP contribution < -0.4 is 0 Å². The molecule has 2 heterocycles. The zero-order chi connectivity index (χ0) is 44.3. The van der Waals surface area contributed by atoms with E-state index < -0.39 is 74.6 Å². The lowest BCUT2D eigenvalue weighted by molar-refractivity contribution is -0.359. The third-order valence-corrected chi connectivity index (χ3v) is 15.0. The summed E-state index contributed by atoms with van der Waals surface area (Å²) in [5, 5.41) is 72.7. The Morgan fingerprint density at radius 3 is 1.18 bits per heavy atom. The van der Waals surface area contributed by atoms with Crippen molar-refractivity contribution in [2.45, 2.75) is 255 Å². The molecule has 0 aliphatic carbocycles. The predicted molar refractivity (Wildman–Crippen MR) is 251 cm³/mol. The smallest absolute Gasteiger partial charge is 0.187 e. The van der Waals surface area contributed by atoms with Crippen LogP contribution in [0.4, 0.5) is 0 Å². The van der Waals surface area contributed by atoms with Crippen LogP contribution in [0.2, 0.25) is 0 Å². The van der Waals surface area contributed by atoms with E-state index in [2.05, 4.69) is 13.8 Å². The van der Waals surface area contributed by atoms with E-state index in [-0.39, 0.29) is 5.92 Å². The van der Waals surface area contributed by atoms with E-state index in [1.807, 2.05) is 23.5 Å². The first-order valence-corrected chi connectivity index (χ1v) is 27.4. The number of aliphatic hydroxyl groups excluding tert-OH is 7. The summed E-state index contributed by atoms with van der Waals surface area (Å²) in [7, 11) is 0. The number of hydrogen-bond donors (Lipinski definition) is 7. The van der Waals surface area contributed by atoms with Crippen LogP contribution in [0.3, 0.4) is 0 Å². The van der Waals surface area contributed by atoms with Crippen molar-refractivity contribution in [2.75, 3.05) is 42.8 Å². The van der Waals surface area contributed by atoms with Crippen molar-refractivity contribution < 1.29 is 54.7 Å². The molecule has 2 aliphatic heterocycles. The van der Waals surface area contributed by atoms with Crippen molar-refractivity contribution in [3.63, 3.8) is 0 Å². The lowest BCUT2D eigenvalue weighted by Gasteiger charge is -2.46. The molecule has 0 unspecified atom stereocenters. The molecule has 7 N–H and O–H groups in total. The van der Waals surface area contributed by atoms with E-state index in [0.717, 1.165) is 23.0 Å². The molecule has 0 aromatic carbocycles. The quantitative estimate of drug-likeness (QED) is 0.0290. The van der Waals surface area contributed by atoms with Crippen molar-refractivity contribution >= 4 is 23.5 Å². The van der Waals surface area contributed by atoms with Gasteiger partial charge >= 0.3 is 0 Å². The van der Waals surface area contributed by atoms with Gasteiger partial charge in [-0.1, -0.05) is 181 Å². The van der Waals surface area contributed by atoms with Gasteiger partial charge in [0, 0.05) is 5.92 Å². The van der Waals surface area contributed by atoms with Crippen LogP contribution in [0, 0.1) is 5.92 Å². The second-order valence-corrected chi connectivity index (χ2v) is 20.3. The Balaban J connectivity index is 1.74. The van der Waals surface area contributed by atoms with Gasteiger partial charge in [-0.25, -0.2) is 0 Å². The molecule has 0 aromatic rings. The van der Waals surface area contributed by atoms with Crippen molar-refractivity contribution in [3.8, 4) is 0 Å². The molecule has 0 amide bonds. The van der Waals surface area contributed by atoms with E-state index in [1.54, 1.807) is 0 Å². The molecule has 2 rings (SSSR count). The van der Waals surface area contributed by atoms with Gasteiger partial charge in [0.25, 0.3) is 0 Å². The Morgan fingerprint density at radius 2 is 0.787 bits per heavy atom. The Hall–Kier alpha value is 0.260. The minimum atomic E-state index is -1.71. The third-order valence-electron chi connectivity index (χ3n) is 12.4.